The van der Waals surface area contributed by atoms with Crippen molar-refractivity contribution in [1.29, 1.82) is 0 Å². The highest BCUT2D eigenvalue weighted by molar-refractivity contribution is 7.71. The topological polar surface area (TPSA) is 73.7 Å². The van der Waals surface area contributed by atoms with Gasteiger partial charge in [-0.1, -0.05) is 50.2 Å². The third-order valence-electron chi connectivity index (χ3n) is 5.43. The molecule has 34 heavy (non-hydrogen) atoms. The number of nitrogen functional groups attached to an aromatic ring is 2. The summed E-state index contributed by atoms with van der Waals surface area (Å²) in [4.78, 5) is 0. The molecule has 0 saturated carbocycles. The summed E-state index contributed by atoms with van der Waals surface area (Å²) in [5.41, 5.74) is 14.5. The second-order valence-electron chi connectivity index (χ2n) is 7.72. The Kier molecular flexibility index (Phi) is 7.69. The van der Waals surface area contributed by atoms with Crippen LogP contribution >= 0.6 is 8.07 Å². The van der Waals surface area contributed by atoms with Crippen molar-refractivity contribution in [1.82, 2.24) is 4.67 Å². The van der Waals surface area contributed by atoms with E-state index in [2.05, 4.69) is 18.5 Å². The van der Waals surface area contributed by atoms with Gasteiger partial charge in [0.25, 0.3) is 0 Å². The zero-order valence-electron chi connectivity index (χ0n) is 19.5. The first-order valence-electron chi connectivity index (χ1n) is 11.4. The predicted octanol–water partition coefficient (Wildman–Crippen LogP) is 6.13. The normalized spacial score (nSPS) is 11.1. The van der Waals surface area contributed by atoms with E-state index in [4.69, 9.17) is 20.9 Å². The quantitative estimate of drug-likeness (QED) is 0.227. The Bertz CT molecular complexity index is 1120. The monoisotopic (exact) mass is 471 g/mol. The minimum absolute atomic E-state index is 0.715. The third kappa shape index (κ3) is 5.51. The van der Waals surface area contributed by atoms with E-state index in [1.54, 1.807) is 0 Å². The maximum absolute atomic E-state index is 6.54. The van der Waals surface area contributed by atoms with E-state index >= 15 is 0 Å². The molecule has 0 spiro atoms. The second kappa shape index (κ2) is 11.1. The van der Waals surface area contributed by atoms with Gasteiger partial charge in [0.1, 0.15) is 23.0 Å². The number of hydrogen-bond acceptors (Lipinski definition) is 5. The minimum atomic E-state index is -1.01. The highest BCUT2D eigenvalue weighted by atomic mass is 31.1. The van der Waals surface area contributed by atoms with Crippen molar-refractivity contribution in [2.24, 2.45) is 0 Å². The summed E-state index contributed by atoms with van der Waals surface area (Å²) in [5.74, 6) is 3.04. The molecule has 0 radical (unpaired) electrons. The Hall–Kier alpha value is -3.53. The van der Waals surface area contributed by atoms with Crippen molar-refractivity contribution >= 4 is 30.1 Å². The van der Waals surface area contributed by atoms with Gasteiger partial charge >= 0.3 is 0 Å². The molecular formula is C28H30N3O2P. The van der Waals surface area contributed by atoms with Crippen LogP contribution in [0.3, 0.4) is 0 Å². The van der Waals surface area contributed by atoms with Crippen LogP contribution in [0.1, 0.15) is 13.8 Å². The standard InChI is InChI=1S/C28H30N3O2P/c1-3-31(4-2)34(27-19-23(15-17-25(27)29)32-21-11-7-5-8-12-21)28-20-24(16-18-26(28)30)33-22-13-9-6-10-14-22/h5-20H,3-4,29-30H2,1-2H3. The molecule has 4 aromatic carbocycles. The zero-order chi connectivity index (χ0) is 23.9. The lowest BCUT2D eigenvalue weighted by molar-refractivity contribution is 0.483. The molecule has 0 unspecified atom stereocenters. The Labute approximate surface area is 202 Å². The molecule has 0 aliphatic rings. The Morgan fingerprint density at radius 2 is 1.00 bits per heavy atom. The molecule has 4 aromatic rings. The van der Waals surface area contributed by atoms with Crippen molar-refractivity contribution in [3.63, 3.8) is 0 Å². The van der Waals surface area contributed by atoms with Gasteiger partial charge in [-0.05, 0) is 73.8 Å². The summed E-state index contributed by atoms with van der Waals surface area (Å²) in [7, 11) is -1.01. The fourth-order valence-electron chi connectivity index (χ4n) is 3.73. The molecule has 0 aromatic heterocycles. The van der Waals surface area contributed by atoms with Crippen LogP contribution in [-0.2, 0) is 0 Å². The summed E-state index contributed by atoms with van der Waals surface area (Å²) in [6.07, 6.45) is 0. The van der Waals surface area contributed by atoms with Gasteiger partial charge in [0.05, 0.1) is 0 Å². The van der Waals surface area contributed by atoms with Gasteiger partial charge < -0.3 is 20.9 Å². The average Bonchev–Trinajstić information content (AvgIpc) is 2.86. The van der Waals surface area contributed by atoms with Gasteiger partial charge in [0, 0.05) is 30.1 Å². The van der Waals surface area contributed by atoms with Crippen LogP contribution < -0.4 is 31.6 Å². The van der Waals surface area contributed by atoms with Crippen molar-refractivity contribution in [3.8, 4) is 23.0 Å². The van der Waals surface area contributed by atoms with Crippen LogP contribution in [0.4, 0.5) is 11.4 Å². The fraction of sp³-hybridized carbons (Fsp3) is 0.143. The number of benzene rings is 4. The first-order valence-corrected chi connectivity index (χ1v) is 12.7. The van der Waals surface area contributed by atoms with Crippen molar-refractivity contribution in [3.05, 3.63) is 97.1 Å². The molecule has 4 N–H and O–H groups in total. The zero-order valence-corrected chi connectivity index (χ0v) is 20.4. The van der Waals surface area contributed by atoms with Crippen LogP contribution in [0.2, 0.25) is 0 Å². The summed E-state index contributed by atoms with van der Waals surface area (Å²) in [6, 6.07) is 31.2. The van der Waals surface area contributed by atoms with Crippen LogP contribution in [0.25, 0.3) is 0 Å². The average molecular weight is 472 g/mol. The molecule has 0 heterocycles. The van der Waals surface area contributed by atoms with Gasteiger partial charge in [-0.25, -0.2) is 0 Å². The van der Waals surface area contributed by atoms with Crippen LogP contribution in [0.5, 0.6) is 23.0 Å². The summed E-state index contributed by atoms with van der Waals surface area (Å²) in [5, 5.41) is 2.02. The van der Waals surface area contributed by atoms with Gasteiger partial charge in [-0.3, -0.25) is 4.67 Å². The number of anilines is 2. The minimum Gasteiger partial charge on any atom is -0.457 e. The number of hydrogen-bond donors (Lipinski definition) is 2. The lowest BCUT2D eigenvalue weighted by Crippen LogP contribution is -2.31. The largest absolute Gasteiger partial charge is 0.457 e. The lowest BCUT2D eigenvalue weighted by Gasteiger charge is -2.32. The molecule has 0 amide bonds. The van der Waals surface area contributed by atoms with Gasteiger partial charge in [-0.15, -0.1) is 0 Å². The molecule has 4 rings (SSSR count). The van der Waals surface area contributed by atoms with Crippen LogP contribution in [0.15, 0.2) is 97.1 Å². The summed E-state index contributed by atoms with van der Waals surface area (Å²) >= 11 is 0. The molecule has 0 bridgehead atoms. The molecule has 174 valence electrons. The first kappa shape index (κ1) is 23.6. The molecule has 0 atom stereocenters. The van der Waals surface area contributed by atoms with E-state index in [1.807, 2.05) is 97.1 Å². The number of rotatable bonds is 9. The molecule has 0 aliphatic carbocycles. The van der Waals surface area contributed by atoms with Gasteiger partial charge in [0.15, 0.2) is 0 Å². The Balaban J connectivity index is 1.76. The van der Waals surface area contributed by atoms with E-state index < -0.39 is 8.07 Å². The Morgan fingerprint density at radius 1 is 0.588 bits per heavy atom. The van der Waals surface area contributed by atoms with E-state index in [0.29, 0.717) is 11.4 Å². The fourth-order valence-corrected chi connectivity index (χ4v) is 6.30. The first-order chi connectivity index (χ1) is 16.6. The predicted molar refractivity (Wildman–Crippen MR) is 144 cm³/mol. The lowest BCUT2D eigenvalue weighted by atomic mass is 10.3. The van der Waals surface area contributed by atoms with E-state index in [9.17, 15) is 0 Å². The number of nitrogens with two attached hydrogens (primary N) is 2. The summed E-state index contributed by atoms with van der Waals surface area (Å²) in [6.45, 7) is 6.02. The van der Waals surface area contributed by atoms with E-state index in [0.717, 1.165) is 46.7 Å². The van der Waals surface area contributed by atoms with E-state index in [1.165, 1.54) is 0 Å². The highest BCUT2D eigenvalue weighted by Crippen LogP contribution is 2.43. The number of para-hydroxylation sites is 2. The molecule has 0 saturated heterocycles. The maximum Gasteiger partial charge on any atom is 0.128 e. The summed E-state index contributed by atoms with van der Waals surface area (Å²) < 4.78 is 14.6. The molecule has 0 aliphatic heterocycles. The maximum atomic E-state index is 6.54. The SMILES string of the molecule is CCN(CC)P(c1cc(Oc2ccccc2)ccc1N)c1cc(Oc2ccccc2)ccc1N. The Morgan fingerprint density at radius 3 is 1.38 bits per heavy atom. The van der Waals surface area contributed by atoms with Crippen LogP contribution in [0, 0.1) is 0 Å². The third-order valence-corrected chi connectivity index (χ3v) is 8.25. The second-order valence-corrected chi connectivity index (χ2v) is 9.88. The number of nitrogens with zero attached hydrogens (tertiary/aromatic N) is 1. The molecule has 6 heteroatoms. The van der Waals surface area contributed by atoms with Crippen molar-refractivity contribution in [2.45, 2.75) is 13.8 Å². The van der Waals surface area contributed by atoms with Gasteiger partial charge in [-0.2, -0.15) is 0 Å². The van der Waals surface area contributed by atoms with Crippen LogP contribution in [-0.4, -0.2) is 17.8 Å². The molecule has 5 nitrogen and oxygen atoms in total. The van der Waals surface area contributed by atoms with Crippen molar-refractivity contribution < 1.29 is 9.47 Å². The molecule has 0 fully saturated rings. The molecular weight excluding hydrogens is 441 g/mol. The number of ether oxygens (including phenoxy) is 2. The highest BCUT2D eigenvalue weighted by Gasteiger charge is 2.25. The van der Waals surface area contributed by atoms with Crippen molar-refractivity contribution in [2.75, 3.05) is 24.6 Å². The smallest absolute Gasteiger partial charge is 0.128 e. The van der Waals surface area contributed by atoms with Gasteiger partial charge in [0.2, 0.25) is 0 Å². The van der Waals surface area contributed by atoms with E-state index in [-0.39, 0.29) is 0 Å².